The fourth-order valence-corrected chi connectivity index (χ4v) is 3.37. The second-order valence-electron chi connectivity index (χ2n) is 4.92. The molecule has 0 aliphatic carbocycles. The van der Waals surface area contributed by atoms with E-state index in [4.69, 9.17) is 0 Å². The summed E-state index contributed by atoms with van der Waals surface area (Å²) in [6.07, 6.45) is -4.07. The molecule has 1 N–H and O–H groups in total. The van der Waals surface area contributed by atoms with Crippen molar-refractivity contribution >= 4 is 11.8 Å². The molecule has 0 aromatic rings. The molecule has 2 rings (SSSR count). The molecule has 3 nitrogen and oxygen atoms in total. The second-order valence-corrected chi connectivity index (χ2v) is 6.07. The number of nitrogens with one attached hydrogen (secondary N) is 1. The van der Waals surface area contributed by atoms with Gasteiger partial charge >= 0.3 is 6.18 Å². The van der Waals surface area contributed by atoms with Gasteiger partial charge in [0.2, 0.25) is 0 Å². The van der Waals surface area contributed by atoms with Crippen LogP contribution in [0.4, 0.5) is 13.2 Å². The van der Waals surface area contributed by atoms with Gasteiger partial charge in [0.25, 0.3) is 0 Å². The van der Waals surface area contributed by atoms with E-state index in [0.29, 0.717) is 19.1 Å². The first-order valence-corrected chi connectivity index (χ1v) is 7.51. The molecule has 0 saturated carbocycles. The fourth-order valence-electron chi connectivity index (χ4n) is 2.43. The molecule has 2 aliphatic rings. The Labute approximate surface area is 110 Å². The minimum Gasteiger partial charge on any atom is -0.311 e. The Morgan fingerprint density at radius 2 is 1.78 bits per heavy atom. The zero-order chi connectivity index (χ0) is 13.0. The first kappa shape index (κ1) is 14.4. The van der Waals surface area contributed by atoms with Gasteiger partial charge < -0.3 is 5.32 Å². The molecule has 2 aliphatic heterocycles. The Kier molecular flexibility index (Phi) is 5.17. The van der Waals surface area contributed by atoms with Gasteiger partial charge in [-0.1, -0.05) is 0 Å². The number of thioether (sulfide) groups is 1. The molecule has 0 aromatic carbocycles. The average molecular weight is 283 g/mol. The molecule has 0 amide bonds. The molecule has 2 saturated heterocycles. The van der Waals surface area contributed by atoms with E-state index in [9.17, 15) is 13.2 Å². The van der Waals surface area contributed by atoms with Gasteiger partial charge in [-0.2, -0.15) is 24.9 Å². The highest BCUT2D eigenvalue weighted by molar-refractivity contribution is 7.99. The molecular weight excluding hydrogens is 263 g/mol. The van der Waals surface area contributed by atoms with Crippen LogP contribution in [0.5, 0.6) is 0 Å². The minimum absolute atomic E-state index is 0.498. The number of hydrogen-bond donors (Lipinski definition) is 1. The standard InChI is InChI=1S/C11H20F3N3S/c12-11(13,14)9-17-4-2-16(3-5-17)7-10-8-18-6-1-15-10/h10,15H,1-9H2. The van der Waals surface area contributed by atoms with Crippen LogP contribution in [0.2, 0.25) is 0 Å². The summed E-state index contributed by atoms with van der Waals surface area (Å²) < 4.78 is 36.7. The lowest BCUT2D eigenvalue weighted by atomic mass is 10.2. The number of nitrogens with zero attached hydrogens (tertiary/aromatic N) is 2. The summed E-state index contributed by atoms with van der Waals surface area (Å²) in [5.74, 6) is 2.28. The third-order valence-electron chi connectivity index (χ3n) is 3.34. The molecule has 0 spiro atoms. The highest BCUT2D eigenvalue weighted by atomic mass is 32.2. The van der Waals surface area contributed by atoms with E-state index in [-0.39, 0.29) is 0 Å². The lowest BCUT2D eigenvalue weighted by Crippen LogP contribution is -2.53. The minimum atomic E-state index is -4.07. The number of halogens is 3. The first-order chi connectivity index (χ1) is 8.53. The molecule has 2 heterocycles. The largest absolute Gasteiger partial charge is 0.401 e. The summed E-state index contributed by atoms with van der Waals surface area (Å²) in [6.45, 7) is 3.80. The summed E-state index contributed by atoms with van der Waals surface area (Å²) >= 11 is 1.95. The van der Waals surface area contributed by atoms with Crippen molar-refractivity contribution in [3.63, 3.8) is 0 Å². The topological polar surface area (TPSA) is 18.5 Å². The summed E-state index contributed by atoms with van der Waals surface area (Å²) in [4.78, 5) is 3.77. The first-order valence-electron chi connectivity index (χ1n) is 6.35. The van der Waals surface area contributed by atoms with E-state index in [0.717, 1.165) is 37.7 Å². The van der Waals surface area contributed by atoms with Gasteiger partial charge in [-0.05, 0) is 0 Å². The van der Waals surface area contributed by atoms with Crippen LogP contribution in [-0.4, -0.2) is 79.3 Å². The molecular formula is C11H20F3N3S. The van der Waals surface area contributed by atoms with Crippen LogP contribution in [0.25, 0.3) is 0 Å². The van der Waals surface area contributed by atoms with Gasteiger partial charge in [-0.15, -0.1) is 0 Å². The van der Waals surface area contributed by atoms with Crippen LogP contribution in [0, 0.1) is 0 Å². The SMILES string of the molecule is FC(F)(F)CN1CCN(CC2CSCCN2)CC1. The number of hydrogen-bond acceptors (Lipinski definition) is 4. The molecule has 1 unspecified atom stereocenters. The molecule has 2 fully saturated rings. The van der Waals surface area contributed by atoms with Crippen molar-refractivity contribution < 1.29 is 13.2 Å². The lowest BCUT2D eigenvalue weighted by molar-refractivity contribution is -0.149. The van der Waals surface area contributed by atoms with Crippen molar-refractivity contribution in [2.75, 3.05) is 57.3 Å². The third kappa shape index (κ3) is 4.95. The molecule has 106 valence electrons. The van der Waals surface area contributed by atoms with Crippen molar-refractivity contribution in [1.82, 2.24) is 15.1 Å². The Bertz CT molecular complexity index is 248. The number of alkyl halides is 3. The van der Waals surface area contributed by atoms with Crippen molar-refractivity contribution in [2.24, 2.45) is 0 Å². The summed E-state index contributed by atoms with van der Waals surface area (Å²) in [5, 5.41) is 3.46. The van der Waals surface area contributed by atoms with E-state index in [1.54, 1.807) is 0 Å². The Morgan fingerprint density at radius 3 is 2.33 bits per heavy atom. The molecule has 0 radical (unpaired) electrons. The van der Waals surface area contributed by atoms with E-state index >= 15 is 0 Å². The van der Waals surface area contributed by atoms with Crippen LogP contribution in [-0.2, 0) is 0 Å². The summed E-state index contributed by atoms with van der Waals surface area (Å²) in [6, 6.07) is 0.498. The summed E-state index contributed by atoms with van der Waals surface area (Å²) in [7, 11) is 0. The monoisotopic (exact) mass is 283 g/mol. The van der Waals surface area contributed by atoms with Crippen LogP contribution < -0.4 is 5.32 Å². The van der Waals surface area contributed by atoms with E-state index in [1.807, 2.05) is 11.8 Å². The molecule has 1 atom stereocenters. The molecule has 0 bridgehead atoms. The maximum Gasteiger partial charge on any atom is 0.401 e. The summed E-state index contributed by atoms with van der Waals surface area (Å²) in [5.41, 5.74) is 0. The van der Waals surface area contributed by atoms with Crippen LogP contribution in [0.15, 0.2) is 0 Å². The highest BCUT2D eigenvalue weighted by Gasteiger charge is 2.32. The zero-order valence-electron chi connectivity index (χ0n) is 10.4. The van der Waals surface area contributed by atoms with Gasteiger partial charge in [-0.3, -0.25) is 9.80 Å². The molecule has 18 heavy (non-hydrogen) atoms. The maximum atomic E-state index is 12.2. The van der Waals surface area contributed by atoms with E-state index in [1.165, 1.54) is 4.90 Å². The fraction of sp³-hybridized carbons (Fsp3) is 1.00. The van der Waals surface area contributed by atoms with E-state index < -0.39 is 12.7 Å². The van der Waals surface area contributed by atoms with Crippen LogP contribution >= 0.6 is 11.8 Å². The van der Waals surface area contributed by atoms with Gasteiger partial charge in [0.15, 0.2) is 0 Å². The lowest BCUT2D eigenvalue weighted by Gasteiger charge is -2.37. The van der Waals surface area contributed by atoms with Crippen molar-refractivity contribution in [2.45, 2.75) is 12.2 Å². The highest BCUT2D eigenvalue weighted by Crippen LogP contribution is 2.17. The zero-order valence-corrected chi connectivity index (χ0v) is 11.2. The normalized spacial score (nSPS) is 28.5. The van der Waals surface area contributed by atoms with Crippen LogP contribution in [0.3, 0.4) is 0 Å². The predicted octanol–water partition coefficient (Wildman–Crippen LogP) is 0.871. The molecule has 7 heteroatoms. The van der Waals surface area contributed by atoms with Gasteiger partial charge in [-0.25, -0.2) is 0 Å². The smallest absolute Gasteiger partial charge is 0.311 e. The van der Waals surface area contributed by atoms with Gasteiger partial charge in [0.05, 0.1) is 6.54 Å². The number of rotatable bonds is 3. The number of piperazine rings is 1. The van der Waals surface area contributed by atoms with Crippen molar-refractivity contribution in [3.05, 3.63) is 0 Å². The van der Waals surface area contributed by atoms with Crippen LogP contribution in [0.1, 0.15) is 0 Å². The van der Waals surface area contributed by atoms with Crippen molar-refractivity contribution in [3.8, 4) is 0 Å². The maximum absolute atomic E-state index is 12.2. The Balaban J connectivity index is 1.66. The van der Waals surface area contributed by atoms with E-state index in [2.05, 4.69) is 10.2 Å². The third-order valence-corrected chi connectivity index (χ3v) is 4.48. The van der Waals surface area contributed by atoms with Gasteiger partial charge in [0, 0.05) is 56.8 Å². The van der Waals surface area contributed by atoms with Crippen molar-refractivity contribution in [1.29, 1.82) is 0 Å². The Morgan fingerprint density at radius 1 is 1.11 bits per heavy atom. The second kappa shape index (κ2) is 6.45. The average Bonchev–Trinajstić information content (AvgIpc) is 2.31. The van der Waals surface area contributed by atoms with Gasteiger partial charge in [0.1, 0.15) is 0 Å². The molecule has 0 aromatic heterocycles. The quantitative estimate of drug-likeness (QED) is 0.828. The Hall–Kier alpha value is 0.0200. The predicted molar refractivity (Wildman–Crippen MR) is 68.1 cm³/mol.